The number of hydrogen-bond acceptors (Lipinski definition) is 2. The molecule has 0 unspecified atom stereocenters. The van der Waals surface area contributed by atoms with Crippen molar-refractivity contribution in [3.8, 4) is 0 Å². The lowest BCUT2D eigenvalue weighted by atomic mass is 9.44. The van der Waals surface area contributed by atoms with Crippen molar-refractivity contribution in [1.82, 2.24) is 0 Å². The van der Waals surface area contributed by atoms with Crippen LogP contribution in [0.2, 0.25) is 0 Å². The number of fused-ring (bicyclic) bond motifs is 5. The largest absolute Gasteiger partial charge is 0.390 e. The van der Waals surface area contributed by atoms with Crippen molar-refractivity contribution < 1.29 is 10.2 Å². The first kappa shape index (κ1) is 21.7. The zero-order valence-corrected chi connectivity index (χ0v) is 20.3. The number of aliphatic hydroxyl groups is 2. The maximum absolute atomic E-state index is 10.7. The van der Waals surface area contributed by atoms with Crippen LogP contribution in [0.5, 0.6) is 0 Å². The van der Waals surface area contributed by atoms with E-state index in [1.165, 1.54) is 70.6 Å². The summed E-state index contributed by atoms with van der Waals surface area (Å²) in [4.78, 5) is 0. The summed E-state index contributed by atoms with van der Waals surface area (Å²) >= 11 is 0. The lowest BCUT2D eigenvalue weighted by Crippen LogP contribution is -2.55. The maximum atomic E-state index is 10.7. The molecule has 5 fully saturated rings. The molecule has 0 aromatic carbocycles. The Morgan fingerprint density at radius 1 is 0.833 bits per heavy atom. The van der Waals surface area contributed by atoms with Crippen LogP contribution in [0.3, 0.4) is 0 Å². The van der Waals surface area contributed by atoms with E-state index in [-0.39, 0.29) is 0 Å². The lowest BCUT2D eigenvalue weighted by molar-refractivity contribution is -0.146. The Kier molecular flexibility index (Phi) is 5.23. The van der Waals surface area contributed by atoms with Crippen LogP contribution in [0, 0.1) is 46.3 Å². The third-order valence-electron chi connectivity index (χ3n) is 11.8. The lowest BCUT2D eigenvalue weighted by Gasteiger charge is -2.62. The molecule has 0 aromatic heterocycles. The predicted octanol–water partition coefficient (Wildman–Crippen LogP) is 6.73. The summed E-state index contributed by atoms with van der Waals surface area (Å²) in [6.07, 6.45) is 17.9. The molecule has 30 heavy (non-hydrogen) atoms. The molecule has 0 bridgehead atoms. The molecule has 0 aromatic rings. The summed E-state index contributed by atoms with van der Waals surface area (Å²) in [5.41, 5.74) is 0.218. The first-order chi connectivity index (χ1) is 14.1. The van der Waals surface area contributed by atoms with Gasteiger partial charge in [0.1, 0.15) is 0 Å². The Labute approximate surface area is 185 Å². The molecule has 0 aliphatic heterocycles. The first-order valence-electron chi connectivity index (χ1n) is 13.5. The molecule has 0 heterocycles. The highest BCUT2D eigenvalue weighted by molar-refractivity contribution is 5.10. The fraction of sp³-hybridized carbons (Fsp3) is 1.00. The molecular formula is C28H48O2. The van der Waals surface area contributed by atoms with Gasteiger partial charge in [-0.15, -0.1) is 0 Å². The molecule has 9 atom stereocenters. The van der Waals surface area contributed by atoms with Crippen molar-refractivity contribution >= 4 is 0 Å². The van der Waals surface area contributed by atoms with Crippen LogP contribution in [0.4, 0.5) is 0 Å². The van der Waals surface area contributed by atoms with Gasteiger partial charge in [-0.25, -0.2) is 0 Å². The van der Waals surface area contributed by atoms with Crippen molar-refractivity contribution in [1.29, 1.82) is 0 Å². The van der Waals surface area contributed by atoms with Gasteiger partial charge in [0.25, 0.3) is 0 Å². The van der Waals surface area contributed by atoms with Crippen LogP contribution in [-0.4, -0.2) is 21.4 Å². The second kappa shape index (κ2) is 7.21. The fourth-order valence-electron chi connectivity index (χ4n) is 9.63. The van der Waals surface area contributed by atoms with E-state index in [9.17, 15) is 10.2 Å². The Balaban J connectivity index is 1.25. The smallest absolute Gasteiger partial charge is 0.0647 e. The van der Waals surface area contributed by atoms with Crippen molar-refractivity contribution in [2.24, 2.45) is 46.3 Å². The minimum Gasteiger partial charge on any atom is -0.390 e. The van der Waals surface area contributed by atoms with Crippen molar-refractivity contribution in [3.05, 3.63) is 0 Å². The van der Waals surface area contributed by atoms with E-state index in [2.05, 4.69) is 27.7 Å². The second-order valence-corrected chi connectivity index (χ2v) is 13.7. The van der Waals surface area contributed by atoms with Gasteiger partial charge in [-0.2, -0.15) is 0 Å². The minimum absolute atomic E-state index is 0.397. The van der Waals surface area contributed by atoms with Crippen LogP contribution >= 0.6 is 0 Å². The monoisotopic (exact) mass is 416 g/mol. The summed E-state index contributed by atoms with van der Waals surface area (Å²) in [6, 6.07) is 0. The van der Waals surface area contributed by atoms with Crippen molar-refractivity contribution in [3.63, 3.8) is 0 Å². The molecular weight excluding hydrogens is 368 g/mol. The molecule has 2 heteroatoms. The van der Waals surface area contributed by atoms with Crippen LogP contribution in [0.25, 0.3) is 0 Å². The minimum atomic E-state index is -0.416. The molecule has 2 nitrogen and oxygen atoms in total. The molecule has 0 radical (unpaired) electrons. The topological polar surface area (TPSA) is 40.5 Å². The second-order valence-electron chi connectivity index (χ2n) is 13.7. The summed E-state index contributed by atoms with van der Waals surface area (Å²) in [7, 11) is 0. The number of rotatable bonds is 5. The van der Waals surface area contributed by atoms with E-state index in [1.54, 1.807) is 0 Å². The normalized spacial score (nSPS) is 52.8. The van der Waals surface area contributed by atoms with E-state index in [1.807, 2.05) is 0 Å². The Morgan fingerprint density at radius 3 is 2.30 bits per heavy atom. The van der Waals surface area contributed by atoms with Crippen molar-refractivity contribution in [2.75, 3.05) is 0 Å². The van der Waals surface area contributed by atoms with Gasteiger partial charge in [-0.1, -0.05) is 20.3 Å². The highest BCUT2D eigenvalue weighted by Crippen LogP contribution is 2.68. The van der Waals surface area contributed by atoms with E-state index in [4.69, 9.17) is 0 Å². The Morgan fingerprint density at radius 2 is 1.57 bits per heavy atom. The summed E-state index contributed by atoms with van der Waals surface area (Å²) in [5, 5.41) is 21.4. The molecule has 5 aliphatic rings. The van der Waals surface area contributed by atoms with Crippen LogP contribution in [-0.2, 0) is 0 Å². The molecule has 0 amide bonds. The Bertz CT molecular complexity index is 649. The van der Waals surface area contributed by atoms with Crippen LogP contribution < -0.4 is 0 Å². The van der Waals surface area contributed by atoms with Gasteiger partial charge in [0, 0.05) is 0 Å². The van der Waals surface area contributed by atoms with Gasteiger partial charge in [0.2, 0.25) is 0 Å². The number of hydrogen-bond donors (Lipinski definition) is 2. The van der Waals surface area contributed by atoms with Gasteiger partial charge in [0.05, 0.1) is 11.2 Å². The fourth-order valence-corrected chi connectivity index (χ4v) is 9.63. The van der Waals surface area contributed by atoms with E-state index in [0.717, 1.165) is 48.9 Å². The molecule has 0 saturated heterocycles. The van der Waals surface area contributed by atoms with Gasteiger partial charge in [-0.05, 0) is 144 Å². The standard InChI is InChI=1S/C28H48O2/c1-25(29)16-17-27(3)21(18-25)9-11-22-23-12-10-19(26(23,2)15-13-24(22)27)6-5-14-28(4,30)20-7-8-20/h19-24,29-30H,5-18H2,1-4H3/t19-,21-,22-,23-,24-,25-,26+,27-,28+/m0/s1. The molecule has 2 N–H and O–H groups in total. The average Bonchev–Trinajstić information content (AvgIpc) is 3.47. The molecule has 172 valence electrons. The third kappa shape index (κ3) is 3.51. The summed E-state index contributed by atoms with van der Waals surface area (Å²) < 4.78 is 0. The van der Waals surface area contributed by atoms with Gasteiger partial charge in [0.15, 0.2) is 0 Å². The molecule has 5 aliphatic carbocycles. The average molecular weight is 417 g/mol. The van der Waals surface area contributed by atoms with Crippen LogP contribution in [0.1, 0.15) is 118 Å². The molecule has 0 spiro atoms. The van der Waals surface area contributed by atoms with E-state index >= 15 is 0 Å². The maximum Gasteiger partial charge on any atom is 0.0647 e. The van der Waals surface area contributed by atoms with Gasteiger partial charge in [-0.3, -0.25) is 0 Å². The molecule has 5 rings (SSSR count). The van der Waals surface area contributed by atoms with Gasteiger partial charge >= 0.3 is 0 Å². The highest BCUT2D eigenvalue weighted by atomic mass is 16.3. The first-order valence-corrected chi connectivity index (χ1v) is 13.5. The zero-order chi connectivity index (χ0) is 21.4. The van der Waals surface area contributed by atoms with Gasteiger partial charge < -0.3 is 10.2 Å². The van der Waals surface area contributed by atoms with Crippen molar-refractivity contribution in [2.45, 2.75) is 129 Å². The van der Waals surface area contributed by atoms with Crippen LogP contribution in [0.15, 0.2) is 0 Å². The van der Waals surface area contributed by atoms with E-state index in [0.29, 0.717) is 16.7 Å². The predicted molar refractivity (Wildman–Crippen MR) is 123 cm³/mol. The third-order valence-corrected chi connectivity index (χ3v) is 11.8. The zero-order valence-electron chi connectivity index (χ0n) is 20.3. The SMILES string of the molecule is C[C@]1(O)CC[C@@]2(C)[C@@H](CC[C@@H]3[C@@H]2CC[C@]2(C)[C@@H](CCC[C@@](C)(O)C4CC4)CC[C@@H]32)C1. The highest BCUT2D eigenvalue weighted by Gasteiger charge is 2.60. The summed E-state index contributed by atoms with van der Waals surface area (Å²) in [6.45, 7) is 9.44. The Hall–Kier alpha value is -0.0800. The quantitative estimate of drug-likeness (QED) is 0.522. The summed E-state index contributed by atoms with van der Waals surface area (Å²) in [5.74, 6) is 5.00. The van der Waals surface area contributed by atoms with E-state index < -0.39 is 11.2 Å². The molecule has 5 saturated carbocycles.